The monoisotopic (exact) mass is 370 g/mol. The second-order valence-corrected chi connectivity index (χ2v) is 7.81. The summed E-state index contributed by atoms with van der Waals surface area (Å²) in [4.78, 5) is 12.3. The number of hydrogen-bond donors (Lipinski definition) is 1. The average Bonchev–Trinajstić information content (AvgIpc) is 2.64. The maximum Gasteiger partial charge on any atom is 0.335 e. The number of hydrogen-bond acceptors (Lipinski definition) is 4. The van der Waals surface area contributed by atoms with E-state index in [1.165, 1.54) is 12.7 Å². The van der Waals surface area contributed by atoms with Crippen LogP contribution in [0.3, 0.4) is 0 Å². The van der Waals surface area contributed by atoms with Crippen LogP contribution in [0.2, 0.25) is 0 Å². The lowest BCUT2D eigenvalue weighted by molar-refractivity contribution is -0.168. The molecular weight excluding hydrogens is 340 g/mol. The van der Waals surface area contributed by atoms with Gasteiger partial charge in [-0.25, -0.2) is 4.79 Å². The van der Waals surface area contributed by atoms with Gasteiger partial charge in [0.15, 0.2) is 6.10 Å². The lowest BCUT2D eigenvalue weighted by atomic mass is 9.93. The van der Waals surface area contributed by atoms with E-state index in [1.54, 1.807) is 0 Å². The third kappa shape index (κ3) is 6.81. The Labute approximate surface area is 162 Å². The average molecular weight is 370 g/mol. The molecular formula is C23H30O4. The number of aliphatic hydroxyl groups is 1. The van der Waals surface area contributed by atoms with Gasteiger partial charge in [-0.2, -0.15) is 0 Å². The zero-order valence-electron chi connectivity index (χ0n) is 16.6. The van der Waals surface area contributed by atoms with Crippen LogP contribution in [0.4, 0.5) is 0 Å². The highest BCUT2D eigenvalue weighted by Crippen LogP contribution is 2.22. The van der Waals surface area contributed by atoms with E-state index in [1.807, 2.05) is 39.0 Å². The first kappa shape index (κ1) is 21.1. The standard InChI is InChI=1S/C23H30O4/c1-23(2,3)27-22(25)21(26-4)15-18(16-24)14-17-10-12-20(13-11-17)19-8-6-5-7-9-19/h5-13,18,21,24H,14-16H2,1-4H3/t18-,21-/m1/s1. The van der Waals surface area contributed by atoms with Gasteiger partial charge in [0.25, 0.3) is 0 Å². The topological polar surface area (TPSA) is 55.8 Å². The molecule has 0 aromatic heterocycles. The summed E-state index contributed by atoms with van der Waals surface area (Å²) in [6.07, 6.45) is 0.418. The maximum atomic E-state index is 12.3. The Balaban J connectivity index is 2.00. The van der Waals surface area contributed by atoms with Crippen LogP contribution in [0.5, 0.6) is 0 Å². The molecule has 0 aliphatic carbocycles. The maximum absolute atomic E-state index is 12.3. The van der Waals surface area contributed by atoms with Crippen molar-refractivity contribution < 1.29 is 19.4 Å². The van der Waals surface area contributed by atoms with Gasteiger partial charge in [0, 0.05) is 13.7 Å². The van der Waals surface area contributed by atoms with Gasteiger partial charge in [-0.1, -0.05) is 54.6 Å². The summed E-state index contributed by atoms with van der Waals surface area (Å²) in [5, 5.41) is 9.77. The highest BCUT2D eigenvalue weighted by Gasteiger charge is 2.27. The summed E-state index contributed by atoms with van der Waals surface area (Å²) in [5.41, 5.74) is 2.89. The van der Waals surface area contributed by atoms with Crippen molar-refractivity contribution in [3.05, 3.63) is 60.2 Å². The molecule has 0 spiro atoms. The van der Waals surface area contributed by atoms with Crippen molar-refractivity contribution in [2.75, 3.05) is 13.7 Å². The predicted octanol–water partition coefficient (Wildman–Crippen LogP) is 4.25. The van der Waals surface area contributed by atoms with Crippen LogP contribution in [-0.4, -0.2) is 36.5 Å². The molecule has 0 radical (unpaired) electrons. The third-order valence-electron chi connectivity index (χ3n) is 4.35. The Morgan fingerprint density at radius 1 is 1.00 bits per heavy atom. The van der Waals surface area contributed by atoms with Crippen LogP contribution in [0.25, 0.3) is 11.1 Å². The smallest absolute Gasteiger partial charge is 0.335 e. The summed E-state index contributed by atoms with van der Waals surface area (Å²) in [6.45, 7) is 5.48. The Morgan fingerprint density at radius 2 is 1.59 bits per heavy atom. The molecule has 2 rings (SSSR count). The van der Waals surface area contributed by atoms with Crippen molar-refractivity contribution in [3.8, 4) is 11.1 Å². The summed E-state index contributed by atoms with van der Waals surface area (Å²) < 4.78 is 10.7. The fourth-order valence-electron chi connectivity index (χ4n) is 2.98. The predicted molar refractivity (Wildman–Crippen MR) is 107 cm³/mol. The second-order valence-electron chi connectivity index (χ2n) is 7.81. The Hall–Kier alpha value is -2.17. The van der Waals surface area contributed by atoms with E-state index < -0.39 is 11.7 Å². The van der Waals surface area contributed by atoms with E-state index in [2.05, 4.69) is 36.4 Å². The van der Waals surface area contributed by atoms with Crippen molar-refractivity contribution in [1.82, 2.24) is 0 Å². The minimum Gasteiger partial charge on any atom is -0.458 e. The fourth-order valence-corrected chi connectivity index (χ4v) is 2.98. The molecule has 1 N–H and O–H groups in total. The molecule has 2 aromatic carbocycles. The SMILES string of the molecule is CO[C@H](C[C@H](CO)Cc1ccc(-c2ccccc2)cc1)C(=O)OC(C)(C)C. The van der Waals surface area contributed by atoms with E-state index >= 15 is 0 Å². The van der Waals surface area contributed by atoms with Crippen molar-refractivity contribution in [3.63, 3.8) is 0 Å². The second kappa shape index (κ2) is 9.67. The number of benzene rings is 2. The Bertz CT molecular complexity index is 701. The first-order valence-corrected chi connectivity index (χ1v) is 9.33. The number of carbonyl (C=O) groups excluding carboxylic acids is 1. The van der Waals surface area contributed by atoms with Crippen molar-refractivity contribution >= 4 is 5.97 Å². The molecule has 0 amide bonds. The molecule has 4 heteroatoms. The van der Waals surface area contributed by atoms with Crippen molar-refractivity contribution in [2.45, 2.75) is 45.3 Å². The number of esters is 1. The zero-order chi connectivity index (χ0) is 19.9. The van der Waals surface area contributed by atoms with Crippen LogP contribution < -0.4 is 0 Å². The van der Waals surface area contributed by atoms with E-state index in [9.17, 15) is 9.90 Å². The molecule has 0 bridgehead atoms. The quantitative estimate of drug-likeness (QED) is 0.706. The molecule has 0 aliphatic heterocycles. The highest BCUT2D eigenvalue weighted by molar-refractivity contribution is 5.75. The van der Waals surface area contributed by atoms with Gasteiger partial charge in [0.1, 0.15) is 5.60 Å². The van der Waals surface area contributed by atoms with E-state index in [4.69, 9.17) is 9.47 Å². The van der Waals surface area contributed by atoms with Gasteiger partial charge >= 0.3 is 5.97 Å². The number of carbonyl (C=O) groups is 1. The highest BCUT2D eigenvalue weighted by atomic mass is 16.6. The number of ether oxygens (including phenoxy) is 2. The molecule has 2 atom stereocenters. The normalized spacial score (nSPS) is 13.8. The first-order chi connectivity index (χ1) is 12.8. The van der Waals surface area contributed by atoms with Gasteiger partial charge in [-0.3, -0.25) is 0 Å². The van der Waals surface area contributed by atoms with Crippen LogP contribution in [0.15, 0.2) is 54.6 Å². The van der Waals surface area contributed by atoms with Gasteiger partial charge in [-0.05, 0) is 56.2 Å². The largest absolute Gasteiger partial charge is 0.458 e. The molecule has 27 heavy (non-hydrogen) atoms. The first-order valence-electron chi connectivity index (χ1n) is 9.33. The number of rotatable bonds is 8. The van der Waals surface area contributed by atoms with E-state index in [0.717, 1.165) is 11.1 Å². The van der Waals surface area contributed by atoms with Crippen molar-refractivity contribution in [1.29, 1.82) is 0 Å². The molecule has 2 aromatic rings. The lowest BCUT2D eigenvalue weighted by Crippen LogP contribution is -2.35. The minimum absolute atomic E-state index is 0.0108. The third-order valence-corrected chi connectivity index (χ3v) is 4.35. The van der Waals surface area contributed by atoms with Crippen LogP contribution in [-0.2, 0) is 20.7 Å². The summed E-state index contributed by atoms with van der Waals surface area (Å²) in [6, 6.07) is 18.5. The molecule has 0 saturated heterocycles. The minimum atomic E-state index is -0.676. The lowest BCUT2D eigenvalue weighted by Gasteiger charge is -2.25. The molecule has 0 fully saturated rings. The summed E-state index contributed by atoms with van der Waals surface area (Å²) >= 11 is 0. The molecule has 0 unspecified atom stereocenters. The Morgan fingerprint density at radius 3 is 2.11 bits per heavy atom. The van der Waals surface area contributed by atoms with Gasteiger partial charge in [0.05, 0.1) is 0 Å². The van der Waals surface area contributed by atoms with Gasteiger partial charge < -0.3 is 14.6 Å². The number of methoxy groups -OCH3 is 1. The van der Waals surface area contributed by atoms with Crippen molar-refractivity contribution in [2.24, 2.45) is 5.92 Å². The van der Waals surface area contributed by atoms with E-state index in [-0.39, 0.29) is 18.5 Å². The molecule has 0 aliphatic rings. The summed E-state index contributed by atoms with van der Waals surface area (Å²) in [5.74, 6) is -0.465. The zero-order valence-corrected chi connectivity index (χ0v) is 16.6. The van der Waals surface area contributed by atoms with Crippen LogP contribution in [0, 0.1) is 5.92 Å². The van der Waals surface area contributed by atoms with Gasteiger partial charge in [-0.15, -0.1) is 0 Å². The van der Waals surface area contributed by atoms with Crippen LogP contribution in [0.1, 0.15) is 32.8 Å². The molecule has 0 heterocycles. The van der Waals surface area contributed by atoms with E-state index in [0.29, 0.717) is 12.8 Å². The molecule has 0 saturated carbocycles. The number of aliphatic hydroxyl groups excluding tert-OH is 1. The molecule has 146 valence electrons. The molecule has 4 nitrogen and oxygen atoms in total. The Kier molecular flexibility index (Phi) is 7.57. The fraction of sp³-hybridized carbons (Fsp3) is 0.435. The van der Waals surface area contributed by atoms with Crippen LogP contribution >= 0.6 is 0 Å². The summed E-state index contributed by atoms with van der Waals surface area (Å²) in [7, 11) is 1.50. The van der Waals surface area contributed by atoms with Gasteiger partial charge in [0.2, 0.25) is 0 Å².